The number of carbonyl (C=O) groups excluding carboxylic acids is 2. The van der Waals surface area contributed by atoms with E-state index >= 15 is 0 Å². The molecule has 0 saturated carbocycles. The molecule has 28 heavy (non-hydrogen) atoms. The van der Waals surface area contributed by atoms with Gasteiger partial charge >= 0.3 is 0 Å². The van der Waals surface area contributed by atoms with Crippen LogP contribution in [0, 0.1) is 5.92 Å². The molecule has 0 aliphatic rings. The Hall–Kier alpha value is -3.08. The van der Waals surface area contributed by atoms with Crippen molar-refractivity contribution in [2.75, 3.05) is 11.9 Å². The first-order valence-electron chi connectivity index (χ1n) is 9.73. The molecule has 0 saturated heterocycles. The maximum atomic E-state index is 12.8. The second-order valence-electron chi connectivity index (χ2n) is 7.38. The molecular weight excluding hydrogens is 350 g/mol. The fourth-order valence-electron chi connectivity index (χ4n) is 3.11. The van der Waals surface area contributed by atoms with Crippen LogP contribution in [0.1, 0.15) is 43.2 Å². The Morgan fingerprint density at radius 1 is 1.04 bits per heavy atom. The lowest BCUT2D eigenvalue weighted by Crippen LogP contribution is -2.29. The Labute approximate surface area is 165 Å². The van der Waals surface area contributed by atoms with Crippen molar-refractivity contribution in [1.82, 2.24) is 9.88 Å². The van der Waals surface area contributed by atoms with Gasteiger partial charge in [-0.1, -0.05) is 51.1 Å². The molecule has 2 N–H and O–H groups in total. The van der Waals surface area contributed by atoms with Gasteiger partial charge < -0.3 is 15.2 Å². The molecule has 5 nitrogen and oxygen atoms in total. The largest absolute Gasteiger partial charge is 0.351 e. The molecule has 0 fully saturated rings. The Bertz CT molecular complexity index is 974. The number of amides is 2. The molecule has 0 unspecified atom stereocenters. The monoisotopic (exact) mass is 377 g/mol. The van der Waals surface area contributed by atoms with E-state index in [1.54, 1.807) is 0 Å². The molecule has 0 aliphatic carbocycles. The van der Waals surface area contributed by atoms with Crippen LogP contribution in [0.15, 0.2) is 54.6 Å². The van der Waals surface area contributed by atoms with Crippen molar-refractivity contribution in [3.05, 3.63) is 65.9 Å². The number of anilines is 1. The molecule has 146 valence electrons. The zero-order chi connectivity index (χ0) is 20.1. The summed E-state index contributed by atoms with van der Waals surface area (Å²) in [6, 6.07) is 17.7. The third-order valence-electron chi connectivity index (χ3n) is 4.59. The van der Waals surface area contributed by atoms with Crippen LogP contribution in [0.5, 0.6) is 0 Å². The Morgan fingerprint density at radius 2 is 1.79 bits per heavy atom. The minimum absolute atomic E-state index is 0.0297. The zero-order valence-corrected chi connectivity index (χ0v) is 16.7. The molecule has 5 heteroatoms. The predicted octanol–water partition coefficient (Wildman–Crippen LogP) is 4.42. The number of nitrogens with one attached hydrogen (secondary N) is 2. The second-order valence-corrected chi connectivity index (χ2v) is 7.38. The predicted molar refractivity (Wildman–Crippen MR) is 114 cm³/mol. The number of rotatable bonds is 7. The first kappa shape index (κ1) is 19.7. The van der Waals surface area contributed by atoms with Gasteiger partial charge in [0.25, 0.3) is 5.91 Å². The lowest BCUT2D eigenvalue weighted by Gasteiger charge is -2.12. The van der Waals surface area contributed by atoms with E-state index in [-0.39, 0.29) is 11.8 Å². The molecule has 2 aromatic carbocycles. The lowest BCUT2D eigenvalue weighted by molar-refractivity contribution is -0.115. The van der Waals surface area contributed by atoms with Crippen molar-refractivity contribution in [2.45, 2.75) is 33.7 Å². The van der Waals surface area contributed by atoms with Crippen LogP contribution in [0.3, 0.4) is 0 Å². The van der Waals surface area contributed by atoms with Gasteiger partial charge in [-0.3, -0.25) is 9.59 Å². The van der Waals surface area contributed by atoms with Crippen molar-refractivity contribution in [3.63, 3.8) is 0 Å². The molecule has 0 aliphatic heterocycles. The Balaban J connectivity index is 2.01. The minimum atomic E-state index is -0.0834. The molecule has 0 bridgehead atoms. The summed E-state index contributed by atoms with van der Waals surface area (Å²) in [5.41, 5.74) is 3.46. The smallest absolute Gasteiger partial charge is 0.267 e. The van der Waals surface area contributed by atoms with Gasteiger partial charge in [0.15, 0.2) is 0 Å². The fraction of sp³-hybridized carbons (Fsp3) is 0.304. The highest BCUT2D eigenvalue weighted by atomic mass is 16.2. The molecule has 0 spiro atoms. The lowest BCUT2D eigenvalue weighted by atomic mass is 10.2. The van der Waals surface area contributed by atoms with Crippen LogP contribution in [-0.2, 0) is 11.3 Å². The first-order valence-corrected chi connectivity index (χ1v) is 9.73. The number of aromatic nitrogens is 1. The molecule has 2 amide bonds. The minimum Gasteiger partial charge on any atom is -0.351 e. The normalized spacial score (nSPS) is 11.0. The summed E-state index contributed by atoms with van der Waals surface area (Å²) >= 11 is 0. The standard InChI is InChI=1S/C23H27N3O2/c1-4-22(27)25-19-10-11-20-18(12-19)13-21(23(28)24-14-16(2)3)26(20)15-17-8-6-5-7-9-17/h5-13,16H,4,14-15H2,1-3H3,(H,24,28)(H,25,27). The van der Waals surface area contributed by atoms with Gasteiger partial charge in [0.2, 0.25) is 5.91 Å². The van der Waals surface area contributed by atoms with Crippen LogP contribution in [0.25, 0.3) is 10.9 Å². The number of benzene rings is 2. The van der Waals surface area contributed by atoms with Crippen LogP contribution in [-0.4, -0.2) is 22.9 Å². The number of hydrogen-bond donors (Lipinski definition) is 2. The molecule has 3 aromatic rings. The maximum absolute atomic E-state index is 12.8. The molecular formula is C23H27N3O2. The first-order chi connectivity index (χ1) is 13.5. The summed E-state index contributed by atoms with van der Waals surface area (Å²) in [7, 11) is 0. The van der Waals surface area contributed by atoms with Crippen molar-refractivity contribution < 1.29 is 9.59 Å². The summed E-state index contributed by atoms with van der Waals surface area (Å²) in [6.45, 7) is 7.20. The van der Waals surface area contributed by atoms with E-state index in [1.807, 2.05) is 54.0 Å². The van der Waals surface area contributed by atoms with E-state index in [1.165, 1.54) is 0 Å². The highest BCUT2D eigenvalue weighted by molar-refractivity contribution is 6.00. The van der Waals surface area contributed by atoms with Gasteiger partial charge in [0.05, 0.1) is 0 Å². The van der Waals surface area contributed by atoms with E-state index in [9.17, 15) is 9.59 Å². The number of nitrogens with zero attached hydrogens (tertiary/aromatic N) is 1. The van der Waals surface area contributed by atoms with E-state index in [0.29, 0.717) is 31.1 Å². The average Bonchev–Trinajstić information content (AvgIpc) is 3.04. The number of hydrogen-bond acceptors (Lipinski definition) is 2. The quantitative estimate of drug-likeness (QED) is 0.640. The van der Waals surface area contributed by atoms with E-state index in [0.717, 1.165) is 22.2 Å². The van der Waals surface area contributed by atoms with Crippen LogP contribution >= 0.6 is 0 Å². The van der Waals surface area contributed by atoms with Crippen molar-refractivity contribution in [1.29, 1.82) is 0 Å². The number of carbonyl (C=O) groups is 2. The highest BCUT2D eigenvalue weighted by Gasteiger charge is 2.16. The fourth-order valence-corrected chi connectivity index (χ4v) is 3.11. The van der Waals surface area contributed by atoms with E-state index in [4.69, 9.17) is 0 Å². The maximum Gasteiger partial charge on any atom is 0.267 e. The molecule has 0 atom stereocenters. The van der Waals surface area contributed by atoms with Crippen LogP contribution in [0.4, 0.5) is 5.69 Å². The summed E-state index contributed by atoms with van der Waals surface area (Å²) in [5.74, 6) is 0.268. The Morgan fingerprint density at radius 3 is 2.46 bits per heavy atom. The topological polar surface area (TPSA) is 63.1 Å². The van der Waals surface area contributed by atoms with Gasteiger partial charge in [-0.05, 0) is 35.7 Å². The molecule has 3 rings (SSSR count). The third kappa shape index (κ3) is 4.60. The van der Waals surface area contributed by atoms with Crippen LogP contribution in [0.2, 0.25) is 0 Å². The van der Waals surface area contributed by atoms with Gasteiger partial charge in [-0.15, -0.1) is 0 Å². The molecule has 0 radical (unpaired) electrons. The van der Waals surface area contributed by atoms with Crippen molar-refractivity contribution >= 4 is 28.4 Å². The molecule has 1 aromatic heterocycles. The summed E-state index contributed by atoms with van der Waals surface area (Å²) in [5, 5.41) is 6.82. The van der Waals surface area contributed by atoms with Gasteiger partial charge in [0.1, 0.15) is 5.69 Å². The molecule has 1 heterocycles. The summed E-state index contributed by atoms with van der Waals surface area (Å²) in [4.78, 5) is 24.5. The third-order valence-corrected chi connectivity index (χ3v) is 4.59. The Kier molecular flexibility index (Phi) is 6.14. The second kappa shape index (κ2) is 8.74. The SMILES string of the molecule is CCC(=O)Nc1ccc2c(c1)cc(C(=O)NCC(C)C)n2Cc1ccccc1. The van der Waals surface area contributed by atoms with Crippen molar-refractivity contribution in [3.8, 4) is 0 Å². The van der Waals surface area contributed by atoms with Gasteiger partial charge in [0, 0.05) is 36.1 Å². The highest BCUT2D eigenvalue weighted by Crippen LogP contribution is 2.25. The average molecular weight is 377 g/mol. The van der Waals surface area contributed by atoms with Gasteiger partial charge in [-0.2, -0.15) is 0 Å². The van der Waals surface area contributed by atoms with Crippen LogP contribution < -0.4 is 10.6 Å². The van der Waals surface area contributed by atoms with Gasteiger partial charge in [-0.25, -0.2) is 0 Å². The zero-order valence-electron chi connectivity index (χ0n) is 16.7. The van der Waals surface area contributed by atoms with E-state index in [2.05, 4.69) is 36.6 Å². The summed E-state index contributed by atoms with van der Waals surface area (Å²) in [6.07, 6.45) is 0.427. The van der Waals surface area contributed by atoms with Crippen molar-refractivity contribution in [2.24, 2.45) is 5.92 Å². The van der Waals surface area contributed by atoms with E-state index < -0.39 is 0 Å². The number of fused-ring (bicyclic) bond motifs is 1. The summed E-state index contributed by atoms with van der Waals surface area (Å²) < 4.78 is 2.03.